The van der Waals surface area contributed by atoms with Crippen LogP contribution in [0.15, 0.2) is 42.5 Å². The summed E-state index contributed by atoms with van der Waals surface area (Å²) in [6, 6.07) is 12.7. The molecule has 6 nitrogen and oxygen atoms in total. The van der Waals surface area contributed by atoms with Gasteiger partial charge in [0.05, 0.1) is 13.0 Å². The van der Waals surface area contributed by atoms with Crippen molar-refractivity contribution >= 4 is 23.5 Å². The van der Waals surface area contributed by atoms with Gasteiger partial charge in [-0.2, -0.15) is 0 Å². The van der Waals surface area contributed by atoms with Gasteiger partial charge in [-0.05, 0) is 30.7 Å². The summed E-state index contributed by atoms with van der Waals surface area (Å²) in [6.45, 7) is 5.24. The van der Waals surface area contributed by atoms with E-state index in [1.54, 1.807) is 23.1 Å². The molecule has 1 unspecified atom stereocenters. The standard InChI is InChI=1S/C23H25ClN2O4/c1-16-2-4-17(5-3-16)23(19-14-18(24)6-7-20(19)30-22(23)29)15-21(28)26-10-8-25(9-11-26)12-13-27/h2-7,14,27H,8-13,15H2,1H3. The maximum Gasteiger partial charge on any atom is 0.327 e. The highest BCUT2D eigenvalue weighted by molar-refractivity contribution is 6.30. The number of esters is 1. The van der Waals surface area contributed by atoms with E-state index in [2.05, 4.69) is 4.90 Å². The van der Waals surface area contributed by atoms with Crippen LogP contribution >= 0.6 is 11.6 Å². The van der Waals surface area contributed by atoms with Crippen molar-refractivity contribution in [3.63, 3.8) is 0 Å². The molecule has 2 aromatic rings. The number of hydrogen-bond acceptors (Lipinski definition) is 5. The zero-order chi connectivity index (χ0) is 21.3. The quantitative estimate of drug-likeness (QED) is 0.585. The predicted molar refractivity (Wildman–Crippen MR) is 114 cm³/mol. The lowest BCUT2D eigenvalue weighted by Gasteiger charge is -2.36. The largest absolute Gasteiger partial charge is 0.425 e. The normalized spacial score (nSPS) is 21.4. The van der Waals surface area contributed by atoms with Crippen molar-refractivity contribution in [3.05, 3.63) is 64.2 Å². The number of benzene rings is 2. The van der Waals surface area contributed by atoms with Crippen molar-refractivity contribution in [3.8, 4) is 5.75 Å². The summed E-state index contributed by atoms with van der Waals surface area (Å²) in [5, 5.41) is 9.62. The number of nitrogens with zero attached hydrogens (tertiary/aromatic N) is 2. The van der Waals surface area contributed by atoms with Crippen LogP contribution in [0.1, 0.15) is 23.1 Å². The van der Waals surface area contributed by atoms with Gasteiger partial charge in [0.1, 0.15) is 11.2 Å². The Balaban J connectivity index is 1.68. The molecule has 2 heterocycles. The number of carbonyl (C=O) groups is 2. The fourth-order valence-electron chi connectivity index (χ4n) is 4.30. The van der Waals surface area contributed by atoms with E-state index in [-0.39, 0.29) is 18.9 Å². The van der Waals surface area contributed by atoms with Crippen molar-refractivity contribution in [1.29, 1.82) is 0 Å². The lowest BCUT2D eigenvalue weighted by atomic mass is 9.72. The number of aryl methyl sites for hydroxylation is 1. The number of carbonyl (C=O) groups excluding carboxylic acids is 2. The molecule has 0 spiro atoms. The molecule has 1 atom stereocenters. The summed E-state index contributed by atoms with van der Waals surface area (Å²) in [4.78, 5) is 30.5. The topological polar surface area (TPSA) is 70.1 Å². The van der Waals surface area contributed by atoms with Gasteiger partial charge >= 0.3 is 5.97 Å². The number of rotatable bonds is 5. The van der Waals surface area contributed by atoms with Crippen molar-refractivity contribution in [1.82, 2.24) is 9.80 Å². The summed E-state index contributed by atoms with van der Waals surface area (Å²) in [7, 11) is 0. The smallest absolute Gasteiger partial charge is 0.327 e. The van der Waals surface area contributed by atoms with Crippen LogP contribution in [0.25, 0.3) is 0 Å². The minimum atomic E-state index is -1.22. The average Bonchev–Trinajstić information content (AvgIpc) is 3.01. The second-order valence-corrected chi connectivity index (χ2v) is 8.36. The third-order valence-corrected chi connectivity index (χ3v) is 6.29. The summed E-state index contributed by atoms with van der Waals surface area (Å²) in [5.74, 6) is -0.0922. The Kier molecular flexibility index (Phi) is 5.82. The molecule has 2 aromatic carbocycles. The highest BCUT2D eigenvalue weighted by Gasteiger charge is 2.52. The van der Waals surface area contributed by atoms with Crippen LogP contribution < -0.4 is 4.74 Å². The maximum atomic E-state index is 13.3. The number of hydrogen-bond donors (Lipinski definition) is 1. The van der Waals surface area contributed by atoms with Crippen LogP contribution in [0.5, 0.6) is 5.75 Å². The minimum Gasteiger partial charge on any atom is -0.425 e. The van der Waals surface area contributed by atoms with Crippen LogP contribution in [0.2, 0.25) is 5.02 Å². The predicted octanol–water partition coefficient (Wildman–Crippen LogP) is 2.38. The molecule has 158 valence electrons. The molecule has 2 aliphatic heterocycles. The highest BCUT2D eigenvalue weighted by atomic mass is 35.5. The molecule has 0 radical (unpaired) electrons. The van der Waals surface area contributed by atoms with Crippen LogP contribution in [-0.4, -0.2) is 66.1 Å². The molecule has 1 saturated heterocycles. The Hall–Kier alpha value is -2.41. The first kappa shape index (κ1) is 20.8. The number of β-amino-alcohol motifs (C(OH)–C–C–N with tert-alkyl or cyclic N) is 1. The molecule has 0 saturated carbocycles. The van der Waals surface area contributed by atoms with Crippen LogP contribution in [0.4, 0.5) is 0 Å². The van der Waals surface area contributed by atoms with Crippen LogP contribution in [0, 0.1) is 6.92 Å². The minimum absolute atomic E-state index is 0.0117. The third-order valence-electron chi connectivity index (χ3n) is 6.05. The third kappa shape index (κ3) is 3.71. The van der Waals surface area contributed by atoms with Crippen molar-refractivity contribution < 1.29 is 19.4 Å². The van der Waals surface area contributed by atoms with E-state index in [0.717, 1.165) is 11.1 Å². The van der Waals surface area contributed by atoms with E-state index in [9.17, 15) is 9.59 Å². The molecule has 1 fully saturated rings. The molecular formula is C23H25ClN2O4. The number of halogens is 1. The first-order valence-electron chi connectivity index (χ1n) is 10.1. The number of aliphatic hydroxyl groups excluding tert-OH is 1. The van der Waals surface area contributed by atoms with Gasteiger partial charge in [0.15, 0.2) is 0 Å². The molecule has 7 heteroatoms. The van der Waals surface area contributed by atoms with E-state index in [1.165, 1.54) is 0 Å². The van der Waals surface area contributed by atoms with E-state index in [4.69, 9.17) is 21.4 Å². The Morgan fingerprint density at radius 1 is 1.13 bits per heavy atom. The van der Waals surface area contributed by atoms with Crippen molar-refractivity contribution in [2.24, 2.45) is 0 Å². The van der Waals surface area contributed by atoms with Gasteiger partial charge in [-0.25, -0.2) is 0 Å². The van der Waals surface area contributed by atoms with E-state index < -0.39 is 11.4 Å². The molecule has 2 aliphatic rings. The number of ether oxygens (including phenoxy) is 1. The second kappa shape index (κ2) is 8.38. The molecule has 0 bridgehead atoms. The Bertz CT molecular complexity index is 954. The first-order chi connectivity index (χ1) is 14.4. The number of amides is 1. The monoisotopic (exact) mass is 428 g/mol. The Morgan fingerprint density at radius 2 is 1.83 bits per heavy atom. The van der Waals surface area contributed by atoms with E-state index in [0.29, 0.717) is 49.1 Å². The molecular weight excluding hydrogens is 404 g/mol. The summed E-state index contributed by atoms with van der Waals surface area (Å²) in [5.41, 5.74) is 1.22. The Labute approximate surface area is 181 Å². The SMILES string of the molecule is Cc1ccc(C2(CC(=O)N3CCN(CCO)CC3)C(=O)Oc3ccc(Cl)cc32)cc1. The lowest BCUT2D eigenvalue weighted by Crippen LogP contribution is -2.51. The number of fused-ring (bicyclic) bond motifs is 1. The van der Waals surface area contributed by atoms with E-state index >= 15 is 0 Å². The molecule has 0 aliphatic carbocycles. The van der Waals surface area contributed by atoms with Crippen LogP contribution in [0.3, 0.4) is 0 Å². The molecule has 1 amide bonds. The summed E-state index contributed by atoms with van der Waals surface area (Å²) < 4.78 is 5.60. The zero-order valence-electron chi connectivity index (χ0n) is 16.9. The van der Waals surface area contributed by atoms with Gasteiger partial charge in [-0.1, -0.05) is 41.4 Å². The number of aliphatic hydroxyl groups is 1. The molecule has 30 heavy (non-hydrogen) atoms. The fourth-order valence-corrected chi connectivity index (χ4v) is 4.48. The number of piperazine rings is 1. The Morgan fingerprint density at radius 3 is 2.50 bits per heavy atom. The summed E-state index contributed by atoms with van der Waals surface area (Å²) >= 11 is 6.25. The zero-order valence-corrected chi connectivity index (χ0v) is 17.7. The van der Waals surface area contributed by atoms with Gasteiger partial charge in [-0.15, -0.1) is 0 Å². The fraction of sp³-hybridized carbons (Fsp3) is 0.391. The first-order valence-corrected chi connectivity index (χ1v) is 10.5. The lowest BCUT2D eigenvalue weighted by molar-refractivity contribution is -0.142. The van der Waals surface area contributed by atoms with Gasteiger partial charge in [0.25, 0.3) is 0 Å². The molecule has 1 N–H and O–H groups in total. The molecule has 4 rings (SSSR count). The van der Waals surface area contributed by atoms with Crippen molar-refractivity contribution in [2.75, 3.05) is 39.3 Å². The summed E-state index contributed by atoms with van der Waals surface area (Å²) in [6.07, 6.45) is -0.0117. The molecule has 0 aromatic heterocycles. The van der Waals surface area contributed by atoms with Gasteiger partial charge in [-0.3, -0.25) is 14.5 Å². The van der Waals surface area contributed by atoms with Gasteiger partial charge in [0, 0.05) is 43.3 Å². The van der Waals surface area contributed by atoms with Crippen LogP contribution in [-0.2, 0) is 15.0 Å². The van der Waals surface area contributed by atoms with E-state index in [1.807, 2.05) is 31.2 Å². The maximum absolute atomic E-state index is 13.3. The second-order valence-electron chi connectivity index (χ2n) is 7.92. The average molecular weight is 429 g/mol. The van der Waals surface area contributed by atoms with Gasteiger partial charge < -0.3 is 14.7 Å². The van der Waals surface area contributed by atoms with Gasteiger partial charge in [0.2, 0.25) is 5.91 Å². The highest BCUT2D eigenvalue weighted by Crippen LogP contribution is 2.48. The van der Waals surface area contributed by atoms with Crippen molar-refractivity contribution in [2.45, 2.75) is 18.8 Å².